The van der Waals surface area contributed by atoms with Gasteiger partial charge in [-0.2, -0.15) is 5.10 Å². The molecule has 0 aliphatic rings. The van der Waals surface area contributed by atoms with E-state index in [1.807, 2.05) is 0 Å². The van der Waals surface area contributed by atoms with Crippen LogP contribution in [0.3, 0.4) is 0 Å². The Bertz CT molecular complexity index is 900. The zero-order valence-corrected chi connectivity index (χ0v) is 10.1. The molecule has 3 aromatic rings. The number of nitrogens with one attached hydrogen (secondary N) is 1. The van der Waals surface area contributed by atoms with Gasteiger partial charge in [0.25, 0.3) is 5.91 Å². The topological polar surface area (TPSA) is 85.8 Å². The van der Waals surface area contributed by atoms with E-state index in [0.717, 1.165) is 4.68 Å². The lowest BCUT2D eigenvalue weighted by molar-refractivity contribution is 0.0954. The van der Waals surface area contributed by atoms with Gasteiger partial charge in [0.1, 0.15) is 0 Å². The number of pyridine rings is 1. The van der Waals surface area contributed by atoms with Crippen LogP contribution in [0.1, 0.15) is 20.2 Å². The highest BCUT2D eigenvalue weighted by atomic mass is 16.2. The molecule has 0 saturated carbocycles. The predicted molar refractivity (Wildman–Crippen MR) is 72.4 cm³/mol. The molecule has 0 saturated heterocycles. The Labute approximate surface area is 113 Å². The minimum atomic E-state index is -2.42. The second kappa shape index (κ2) is 4.03. The summed E-state index contributed by atoms with van der Waals surface area (Å²) in [6.07, 6.45) is 1.59. The van der Waals surface area contributed by atoms with Crippen molar-refractivity contribution >= 4 is 27.7 Å². The number of aromatic nitrogens is 3. The van der Waals surface area contributed by atoms with Crippen molar-refractivity contribution < 1.29 is 8.91 Å². The van der Waals surface area contributed by atoms with Crippen LogP contribution in [0, 0.1) is 6.92 Å². The van der Waals surface area contributed by atoms with Crippen LogP contribution >= 0.6 is 0 Å². The Morgan fingerprint density at radius 3 is 3.05 bits per heavy atom. The van der Waals surface area contributed by atoms with Crippen molar-refractivity contribution in [2.45, 2.75) is 6.92 Å². The summed E-state index contributed by atoms with van der Waals surface area (Å²) < 4.78 is 23.9. The quantitative estimate of drug-likeness (QED) is 0.388. The summed E-state index contributed by atoms with van der Waals surface area (Å²) in [7, 11) is 0. The second-order valence-corrected chi connectivity index (χ2v) is 4.22. The summed E-state index contributed by atoms with van der Waals surface area (Å²) in [5.41, 5.74) is 3.94. The van der Waals surface area contributed by atoms with E-state index < -0.39 is 12.9 Å². The van der Waals surface area contributed by atoms with Gasteiger partial charge in [-0.05, 0) is 25.1 Å². The molecule has 1 amide bonds. The summed E-state index contributed by atoms with van der Waals surface area (Å²) in [6, 6.07) is 4.79. The smallest absolute Gasteiger partial charge is 0.265 e. The SMILES string of the molecule is [2H]C([2H])([2H])n1nc(C)c2cnc3ccc(C(=O)NN)cc3c21. The van der Waals surface area contributed by atoms with Gasteiger partial charge >= 0.3 is 0 Å². The van der Waals surface area contributed by atoms with Crippen molar-refractivity contribution in [3.63, 3.8) is 0 Å². The van der Waals surface area contributed by atoms with Gasteiger partial charge in [-0.15, -0.1) is 0 Å². The molecule has 96 valence electrons. The number of rotatable bonds is 1. The van der Waals surface area contributed by atoms with Crippen molar-refractivity contribution in [2.75, 3.05) is 0 Å². The largest absolute Gasteiger partial charge is 0.290 e. The van der Waals surface area contributed by atoms with Crippen LogP contribution in [0.2, 0.25) is 0 Å². The van der Waals surface area contributed by atoms with E-state index in [4.69, 9.17) is 9.95 Å². The Morgan fingerprint density at radius 2 is 2.32 bits per heavy atom. The summed E-state index contributed by atoms with van der Waals surface area (Å²) in [5, 5.41) is 5.27. The Morgan fingerprint density at radius 1 is 1.47 bits per heavy atom. The number of amides is 1. The molecule has 6 nitrogen and oxygen atoms in total. The van der Waals surface area contributed by atoms with Crippen LogP contribution in [-0.2, 0) is 6.98 Å². The van der Waals surface area contributed by atoms with Gasteiger partial charge in [0, 0.05) is 33.6 Å². The summed E-state index contributed by atoms with van der Waals surface area (Å²) >= 11 is 0. The van der Waals surface area contributed by atoms with E-state index in [0.29, 0.717) is 33.1 Å². The molecule has 2 aromatic heterocycles. The van der Waals surface area contributed by atoms with Crippen molar-refractivity contribution in [1.82, 2.24) is 20.2 Å². The van der Waals surface area contributed by atoms with Crippen LogP contribution in [0.25, 0.3) is 21.8 Å². The highest BCUT2D eigenvalue weighted by molar-refractivity contribution is 6.07. The third-order valence-corrected chi connectivity index (χ3v) is 3.08. The summed E-state index contributed by atoms with van der Waals surface area (Å²) in [6.45, 7) is -0.707. The number of aryl methyl sites for hydroxylation is 2. The molecule has 6 heteroatoms. The van der Waals surface area contributed by atoms with Crippen LogP contribution in [-0.4, -0.2) is 20.7 Å². The number of hydrogen-bond acceptors (Lipinski definition) is 4. The number of carbonyl (C=O) groups excluding carboxylic acids is 1. The lowest BCUT2D eigenvalue weighted by Gasteiger charge is -2.04. The lowest BCUT2D eigenvalue weighted by Crippen LogP contribution is -2.29. The third kappa shape index (κ3) is 1.65. The molecule has 19 heavy (non-hydrogen) atoms. The minimum absolute atomic E-state index is 0.320. The molecule has 0 fully saturated rings. The van der Waals surface area contributed by atoms with Gasteiger partial charge < -0.3 is 0 Å². The number of carbonyl (C=O) groups is 1. The molecule has 0 spiro atoms. The van der Waals surface area contributed by atoms with E-state index in [-0.39, 0.29) is 0 Å². The molecule has 0 aliphatic carbocycles. The van der Waals surface area contributed by atoms with E-state index in [1.165, 1.54) is 0 Å². The van der Waals surface area contributed by atoms with Gasteiger partial charge in [0.2, 0.25) is 0 Å². The first-order valence-electron chi connectivity index (χ1n) is 7.12. The van der Waals surface area contributed by atoms with Crippen molar-refractivity contribution in [1.29, 1.82) is 0 Å². The van der Waals surface area contributed by atoms with E-state index in [1.54, 1.807) is 31.3 Å². The zero-order chi connectivity index (χ0) is 16.1. The highest BCUT2D eigenvalue weighted by Crippen LogP contribution is 2.25. The third-order valence-electron chi connectivity index (χ3n) is 3.08. The molecule has 3 rings (SSSR count). The fourth-order valence-electron chi connectivity index (χ4n) is 2.15. The minimum Gasteiger partial charge on any atom is -0.290 e. The lowest BCUT2D eigenvalue weighted by atomic mass is 10.1. The van der Waals surface area contributed by atoms with E-state index >= 15 is 0 Å². The maximum absolute atomic E-state index is 11.7. The number of hydrazine groups is 1. The molecule has 2 heterocycles. The molecule has 0 atom stereocenters. The highest BCUT2D eigenvalue weighted by Gasteiger charge is 2.12. The average Bonchev–Trinajstić information content (AvgIpc) is 2.83. The summed E-state index contributed by atoms with van der Waals surface area (Å²) in [4.78, 5) is 16.0. The van der Waals surface area contributed by atoms with Crippen LogP contribution < -0.4 is 11.3 Å². The number of nitrogen functional groups attached to an aromatic ring is 1. The van der Waals surface area contributed by atoms with E-state index in [9.17, 15) is 4.79 Å². The van der Waals surface area contributed by atoms with Gasteiger partial charge in [-0.1, -0.05) is 0 Å². The molecular weight excluding hydrogens is 242 g/mol. The van der Waals surface area contributed by atoms with Crippen LogP contribution in [0.15, 0.2) is 24.4 Å². The number of benzene rings is 1. The first kappa shape index (κ1) is 8.60. The molecule has 0 unspecified atom stereocenters. The van der Waals surface area contributed by atoms with E-state index in [2.05, 4.69) is 15.5 Å². The zero-order valence-electron chi connectivity index (χ0n) is 13.1. The number of nitrogens with zero attached hydrogens (tertiary/aromatic N) is 3. The number of nitrogens with two attached hydrogens (primary N) is 1. The number of hydrogen-bond donors (Lipinski definition) is 2. The van der Waals surface area contributed by atoms with Gasteiger partial charge in [0.05, 0.1) is 16.7 Å². The predicted octanol–water partition coefficient (Wildman–Crippen LogP) is 1.03. The summed E-state index contributed by atoms with van der Waals surface area (Å²) in [5.74, 6) is 4.68. The molecular formula is C13H13N5O. The second-order valence-electron chi connectivity index (χ2n) is 4.22. The molecule has 3 N–H and O–H groups in total. The standard InChI is InChI=1S/C13H13N5O/c1-7-10-6-15-11-4-3-8(13(19)16-14)5-9(11)12(10)18(2)17-7/h3-6H,14H2,1-2H3,(H,16,19)/i2D3. The van der Waals surface area contributed by atoms with Crippen molar-refractivity contribution in [2.24, 2.45) is 12.8 Å². The van der Waals surface area contributed by atoms with Crippen molar-refractivity contribution in [3.05, 3.63) is 35.7 Å². The molecule has 0 bridgehead atoms. The van der Waals surface area contributed by atoms with Gasteiger partial charge in [0.15, 0.2) is 0 Å². The number of fused-ring (bicyclic) bond motifs is 3. The Hall–Kier alpha value is -2.47. The monoisotopic (exact) mass is 258 g/mol. The van der Waals surface area contributed by atoms with Gasteiger partial charge in [-0.3, -0.25) is 19.9 Å². The van der Waals surface area contributed by atoms with Crippen LogP contribution in [0.4, 0.5) is 0 Å². The molecule has 1 aromatic carbocycles. The van der Waals surface area contributed by atoms with Crippen LogP contribution in [0.5, 0.6) is 0 Å². The van der Waals surface area contributed by atoms with Crippen molar-refractivity contribution in [3.8, 4) is 0 Å². The fraction of sp³-hybridized carbons (Fsp3) is 0.154. The fourth-order valence-corrected chi connectivity index (χ4v) is 2.15. The maximum atomic E-state index is 11.7. The first-order chi connectivity index (χ1) is 10.3. The normalized spacial score (nSPS) is 14.1. The Balaban J connectivity index is 2.44. The van der Waals surface area contributed by atoms with Gasteiger partial charge in [-0.25, -0.2) is 5.84 Å². The molecule has 0 radical (unpaired) electrons. The maximum Gasteiger partial charge on any atom is 0.265 e. The first-order valence-corrected chi connectivity index (χ1v) is 5.62. The average molecular weight is 258 g/mol. The Kier molecular flexibility index (Phi) is 1.82. The molecule has 0 aliphatic heterocycles.